The van der Waals surface area contributed by atoms with Gasteiger partial charge in [-0.05, 0) is 11.5 Å². The topological polar surface area (TPSA) is 78.6 Å². The lowest BCUT2D eigenvalue weighted by atomic mass is 9.98. The minimum Gasteiger partial charge on any atom is -0.295 e. The lowest BCUT2D eigenvalue weighted by molar-refractivity contribution is 0.696. The van der Waals surface area contributed by atoms with Gasteiger partial charge >= 0.3 is 11.4 Å². The van der Waals surface area contributed by atoms with Crippen LogP contribution in [0.2, 0.25) is 0 Å². The monoisotopic (exact) mass is 231 g/mol. The average molecular weight is 231 g/mol. The molecule has 0 aliphatic carbocycles. The molecule has 0 saturated carbocycles. The predicted molar refractivity (Wildman–Crippen MR) is 64.0 cm³/mol. The van der Waals surface area contributed by atoms with Crippen molar-refractivity contribution in [1.29, 1.82) is 0 Å². The first-order valence-corrected chi connectivity index (χ1v) is 5.39. The van der Waals surface area contributed by atoms with Crippen LogP contribution < -0.4 is 11.4 Å². The second-order valence-electron chi connectivity index (χ2n) is 3.96. The van der Waals surface area contributed by atoms with Crippen LogP contribution in [0, 0.1) is 0 Å². The predicted octanol–water partition coefficient (Wildman–Crippen LogP) is 0.804. The molecule has 0 fully saturated rings. The third kappa shape index (κ3) is 2.90. The van der Waals surface area contributed by atoms with E-state index in [4.69, 9.17) is 0 Å². The number of benzene rings is 1. The number of nitrogens with zero attached hydrogens (tertiary/aromatic N) is 1. The zero-order valence-corrected chi connectivity index (χ0v) is 9.43. The highest BCUT2D eigenvalue weighted by molar-refractivity contribution is 5.19. The van der Waals surface area contributed by atoms with Crippen molar-refractivity contribution in [2.24, 2.45) is 0 Å². The van der Waals surface area contributed by atoms with Crippen molar-refractivity contribution in [2.45, 2.75) is 19.3 Å². The highest BCUT2D eigenvalue weighted by atomic mass is 16.2. The van der Waals surface area contributed by atoms with E-state index in [2.05, 4.69) is 9.97 Å². The maximum Gasteiger partial charge on any atom is 0.350 e. The van der Waals surface area contributed by atoms with Crippen molar-refractivity contribution < 1.29 is 0 Å². The summed E-state index contributed by atoms with van der Waals surface area (Å²) in [5.41, 5.74) is 0.0275. The van der Waals surface area contributed by atoms with E-state index in [1.54, 1.807) is 0 Å². The van der Waals surface area contributed by atoms with Crippen molar-refractivity contribution >= 4 is 0 Å². The van der Waals surface area contributed by atoms with Gasteiger partial charge in [0.2, 0.25) is 0 Å². The summed E-state index contributed by atoms with van der Waals surface area (Å²) in [7, 11) is 0. The van der Waals surface area contributed by atoms with Crippen molar-refractivity contribution in [3.05, 3.63) is 62.7 Å². The molecule has 0 aliphatic heterocycles. The SMILES string of the molecule is CC(Cc1nc(=O)[nH]c(=O)[nH]1)c1ccccc1. The Morgan fingerprint density at radius 1 is 1.18 bits per heavy atom. The maximum atomic E-state index is 11.1. The molecule has 1 unspecified atom stereocenters. The molecule has 1 heterocycles. The molecular formula is C12H13N3O2. The van der Waals surface area contributed by atoms with Crippen LogP contribution in [0.25, 0.3) is 0 Å². The standard InChI is InChI=1S/C12H13N3O2/c1-8(9-5-3-2-4-6-9)7-10-13-11(16)15-12(17)14-10/h2-6,8H,7H2,1H3,(H2,13,14,15,16,17). The fourth-order valence-corrected chi connectivity index (χ4v) is 1.72. The molecule has 0 radical (unpaired) electrons. The maximum absolute atomic E-state index is 11.1. The van der Waals surface area contributed by atoms with Gasteiger partial charge in [0.1, 0.15) is 5.82 Å². The Hall–Kier alpha value is -2.17. The van der Waals surface area contributed by atoms with Gasteiger partial charge in [0.05, 0.1) is 0 Å². The van der Waals surface area contributed by atoms with E-state index < -0.39 is 11.4 Å². The quantitative estimate of drug-likeness (QED) is 0.820. The Kier molecular flexibility index (Phi) is 3.18. The number of aromatic nitrogens is 3. The summed E-state index contributed by atoms with van der Waals surface area (Å²) in [4.78, 5) is 30.4. The second kappa shape index (κ2) is 4.78. The highest BCUT2D eigenvalue weighted by Gasteiger charge is 2.08. The molecule has 2 N–H and O–H groups in total. The summed E-state index contributed by atoms with van der Waals surface area (Å²) in [6.45, 7) is 2.02. The Balaban J connectivity index is 2.21. The highest BCUT2D eigenvalue weighted by Crippen LogP contribution is 2.17. The van der Waals surface area contributed by atoms with Crippen LogP contribution in [0.5, 0.6) is 0 Å². The van der Waals surface area contributed by atoms with E-state index in [0.29, 0.717) is 12.2 Å². The number of H-pyrrole nitrogens is 2. The molecule has 17 heavy (non-hydrogen) atoms. The summed E-state index contributed by atoms with van der Waals surface area (Å²) in [5, 5.41) is 0. The summed E-state index contributed by atoms with van der Waals surface area (Å²) in [6.07, 6.45) is 0.531. The van der Waals surface area contributed by atoms with Gasteiger partial charge in [0.15, 0.2) is 0 Å². The Morgan fingerprint density at radius 2 is 1.88 bits per heavy atom. The molecule has 1 atom stereocenters. The van der Waals surface area contributed by atoms with E-state index in [0.717, 1.165) is 5.56 Å². The number of aromatic amines is 2. The number of rotatable bonds is 3. The van der Waals surface area contributed by atoms with Crippen LogP contribution in [0.4, 0.5) is 0 Å². The Morgan fingerprint density at radius 3 is 2.53 bits per heavy atom. The molecule has 0 aliphatic rings. The molecule has 2 rings (SSSR count). The van der Waals surface area contributed by atoms with E-state index in [9.17, 15) is 9.59 Å². The Labute approximate surface area is 97.6 Å². The fourth-order valence-electron chi connectivity index (χ4n) is 1.72. The van der Waals surface area contributed by atoms with Crippen molar-refractivity contribution in [2.75, 3.05) is 0 Å². The van der Waals surface area contributed by atoms with Crippen LogP contribution in [0.1, 0.15) is 24.2 Å². The Bertz CT molecular complexity index is 573. The van der Waals surface area contributed by atoms with E-state index >= 15 is 0 Å². The molecule has 88 valence electrons. The first-order valence-electron chi connectivity index (χ1n) is 5.39. The van der Waals surface area contributed by atoms with Crippen LogP contribution >= 0.6 is 0 Å². The largest absolute Gasteiger partial charge is 0.350 e. The molecule has 0 spiro atoms. The summed E-state index contributed by atoms with van der Waals surface area (Å²) in [5.74, 6) is 0.608. The van der Waals surface area contributed by atoms with E-state index in [-0.39, 0.29) is 5.92 Å². The molecular weight excluding hydrogens is 218 g/mol. The average Bonchev–Trinajstić information content (AvgIpc) is 2.28. The van der Waals surface area contributed by atoms with Gasteiger partial charge in [0.25, 0.3) is 0 Å². The van der Waals surface area contributed by atoms with Crippen molar-refractivity contribution in [3.8, 4) is 0 Å². The smallest absolute Gasteiger partial charge is 0.295 e. The van der Waals surface area contributed by atoms with Crippen molar-refractivity contribution in [3.63, 3.8) is 0 Å². The third-order valence-electron chi connectivity index (χ3n) is 2.58. The van der Waals surface area contributed by atoms with E-state index in [1.165, 1.54) is 0 Å². The molecule has 0 saturated heterocycles. The zero-order valence-electron chi connectivity index (χ0n) is 9.43. The molecule has 5 nitrogen and oxygen atoms in total. The molecule has 1 aromatic heterocycles. The van der Waals surface area contributed by atoms with E-state index in [1.807, 2.05) is 42.2 Å². The molecule has 2 aromatic rings. The zero-order chi connectivity index (χ0) is 12.3. The molecule has 0 bridgehead atoms. The van der Waals surface area contributed by atoms with Gasteiger partial charge in [-0.2, -0.15) is 4.98 Å². The lowest BCUT2D eigenvalue weighted by Crippen LogP contribution is -2.27. The normalized spacial score (nSPS) is 12.3. The lowest BCUT2D eigenvalue weighted by Gasteiger charge is -2.10. The van der Waals surface area contributed by atoms with Gasteiger partial charge in [-0.3, -0.25) is 9.97 Å². The molecule has 0 amide bonds. The first kappa shape index (κ1) is 11.3. The minimum atomic E-state index is -0.607. The van der Waals surface area contributed by atoms with Gasteiger partial charge < -0.3 is 0 Å². The van der Waals surface area contributed by atoms with Gasteiger partial charge in [-0.1, -0.05) is 37.3 Å². The summed E-state index contributed by atoms with van der Waals surface area (Å²) in [6, 6.07) is 9.88. The van der Waals surface area contributed by atoms with Crippen LogP contribution in [0.3, 0.4) is 0 Å². The van der Waals surface area contributed by atoms with Crippen LogP contribution in [-0.4, -0.2) is 15.0 Å². The van der Waals surface area contributed by atoms with Gasteiger partial charge in [-0.15, -0.1) is 0 Å². The van der Waals surface area contributed by atoms with Gasteiger partial charge in [0, 0.05) is 6.42 Å². The molecule has 5 heteroatoms. The van der Waals surface area contributed by atoms with Crippen LogP contribution in [0.15, 0.2) is 39.9 Å². The second-order valence-corrected chi connectivity index (χ2v) is 3.96. The third-order valence-corrected chi connectivity index (χ3v) is 2.58. The van der Waals surface area contributed by atoms with Crippen LogP contribution in [-0.2, 0) is 6.42 Å². The van der Waals surface area contributed by atoms with Gasteiger partial charge in [-0.25, -0.2) is 9.59 Å². The number of hydrogen-bond acceptors (Lipinski definition) is 3. The summed E-state index contributed by atoms with van der Waals surface area (Å²) >= 11 is 0. The first-order chi connectivity index (χ1) is 8.15. The minimum absolute atomic E-state index is 0.196. The summed E-state index contributed by atoms with van der Waals surface area (Å²) < 4.78 is 0. The number of hydrogen-bond donors (Lipinski definition) is 2. The molecule has 1 aromatic carbocycles. The van der Waals surface area contributed by atoms with Crippen molar-refractivity contribution in [1.82, 2.24) is 15.0 Å². The fraction of sp³-hybridized carbons (Fsp3) is 0.250. The number of nitrogens with one attached hydrogen (secondary N) is 2.